The van der Waals surface area contributed by atoms with Gasteiger partial charge in [0.15, 0.2) is 11.6 Å². The molecule has 2 aromatic rings. The fourth-order valence-electron chi connectivity index (χ4n) is 2.77. The van der Waals surface area contributed by atoms with Crippen molar-refractivity contribution in [3.63, 3.8) is 0 Å². The minimum atomic E-state index is 0.601. The first-order valence-electron chi connectivity index (χ1n) is 8.48. The molecular weight excluding hydrogens is 326 g/mol. The largest absolute Gasteiger partial charge is 0.397 e. The average molecular weight is 351 g/mol. The third-order valence-electron chi connectivity index (χ3n) is 4.03. The molecule has 1 fully saturated rings. The maximum Gasteiger partial charge on any atom is 0.184 e. The summed E-state index contributed by atoms with van der Waals surface area (Å²) in [5.41, 5.74) is 1.21. The normalized spacial score (nSPS) is 15.4. The lowest BCUT2D eigenvalue weighted by Gasteiger charge is -2.25. The van der Waals surface area contributed by atoms with Crippen molar-refractivity contribution in [2.24, 2.45) is 0 Å². The second-order valence-corrected chi connectivity index (χ2v) is 6.44. The van der Waals surface area contributed by atoms with Crippen LogP contribution >= 0.6 is 11.7 Å². The zero-order chi connectivity index (χ0) is 16.6. The molecule has 0 unspecified atom stereocenters. The van der Waals surface area contributed by atoms with Crippen LogP contribution in [0.3, 0.4) is 0 Å². The van der Waals surface area contributed by atoms with Crippen LogP contribution in [0.25, 0.3) is 0 Å². The number of nitrogens with one attached hydrogen (secondary N) is 2. The van der Waals surface area contributed by atoms with Crippen molar-refractivity contribution in [3.05, 3.63) is 18.0 Å². The topological polar surface area (TPSA) is 80.1 Å². The van der Waals surface area contributed by atoms with Crippen LogP contribution in [0.4, 0.5) is 11.6 Å². The van der Waals surface area contributed by atoms with E-state index in [4.69, 9.17) is 4.84 Å². The number of aromatic nitrogens is 4. The predicted octanol–water partition coefficient (Wildman–Crippen LogP) is 1.69. The van der Waals surface area contributed by atoms with Crippen molar-refractivity contribution in [1.82, 2.24) is 23.6 Å². The van der Waals surface area contributed by atoms with Crippen LogP contribution in [-0.4, -0.2) is 56.9 Å². The fourth-order valence-corrected chi connectivity index (χ4v) is 3.31. The molecule has 3 rings (SSSR count). The van der Waals surface area contributed by atoms with Gasteiger partial charge in [0.05, 0.1) is 24.1 Å². The first-order valence-corrected chi connectivity index (χ1v) is 9.21. The van der Waals surface area contributed by atoms with Crippen molar-refractivity contribution in [2.75, 3.05) is 43.9 Å². The number of anilines is 2. The van der Waals surface area contributed by atoms with E-state index in [2.05, 4.69) is 29.4 Å². The molecule has 8 nitrogen and oxygen atoms in total. The van der Waals surface area contributed by atoms with Crippen LogP contribution < -0.4 is 15.5 Å². The molecule has 0 spiro atoms. The van der Waals surface area contributed by atoms with E-state index in [1.165, 1.54) is 49.6 Å². The molecule has 0 atom stereocenters. The Morgan fingerprint density at radius 2 is 2.04 bits per heavy atom. The van der Waals surface area contributed by atoms with Gasteiger partial charge in [0.1, 0.15) is 6.61 Å². The van der Waals surface area contributed by atoms with E-state index in [-0.39, 0.29) is 0 Å². The highest BCUT2D eigenvalue weighted by molar-refractivity contribution is 6.99. The first kappa shape index (κ1) is 17.0. The molecule has 0 aromatic carbocycles. The number of rotatable bonds is 9. The summed E-state index contributed by atoms with van der Waals surface area (Å²) in [5.74, 6) is 1.58. The molecule has 0 aliphatic carbocycles. The lowest BCUT2D eigenvalue weighted by molar-refractivity contribution is 0.0818. The third kappa shape index (κ3) is 4.81. The summed E-state index contributed by atoms with van der Waals surface area (Å²) >= 11 is 1.19. The number of nitrogens with zero attached hydrogens (tertiary/aromatic N) is 5. The van der Waals surface area contributed by atoms with Crippen molar-refractivity contribution in [3.8, 4) is 0 Å². The van der Waals surface area contributed by atoms with Crippen LogP contribution in [-0.2, 0) is 6.54 Å². The van der Waals surface area contributed by atoms with Gasteiger partial charge in [-0.3, -0.25) is 4.90 Å². The predicted molar refractivity (Wildman–Crippen MR) is 95.4 cm³/mol. The Hall–Kier alpha value is -1.87. The van der Waals surface area contributed by atoms with E-state index in [0.717, 1.165) is 31.1 Å². The number of hydrogen-bond donors (Lipinski definition) is 2. The van der Waals surface area contributed by atoms with Gasteiger partial charge in [0.25, 0.3) is 0 Å². The summed E-state index contributed by atoms with van der Waals surface area (Å²) in [5, 5.41) is 10.5. The highest BCUT2D eigenvalue weighted by atomic mass is 32.1. The van der Waals surface area contributed by atoms with Gasteiger partial charge in [-0.15, -0.1) is 9.94 Å². The SMILES string of the molecule is CNc1nsnc1NCCCOn1cc(CN2CCCCC2)cn1. The summed E-state index contributed by atoms with van der Waals surface area (Å²) in [6.45, 7) is 4.73. The second kappa shape index (κ2) is 8.84. The zero-order valence-electron chi connectivity index (χ0n) is 14.1. The second-order valence-electron chi connectivity index (χ2n) is 5.91. The lowest BCUT2D eigenvalue weighted by atomic mass is 10.1. The molecule has 0 amide bonds. The van der Waals surface area contributed by atoms with Gasteiger partial charge in [0.2, 0.25) is 0 Å². The van der Waals surface area contributed by atoms with E-state index >= 15 is 0 Å². The molecule has 0 bridgehead atoms. The van der Waals surface area contributed by atoms with Crippen molar-refractivity contribution in [2.45, 2.75) is 32.2 Å². The van der Waals surface area contributed by atoms with E-state index < -0.39 is 0 Å². The van der Waals surface area contributed by atoms with Gasteiger partial charge in [0, 0.05) is 32.1 Å². The third-order valence-corrected chi connectivity index (χ3v) is 4.56. The van der Waals surface area contributed by atoms with Gasteiger partial charge in [-0.1, -0.05) is 6.42 Å². The number of piperidine rings is 1. The zero-order valence-corrected chi connectivity index (χ0v) is 14.9. The Balaban J connectivity index is 1.33. The van der Waals surface area contributed by atoms with E-state index in [1.54, 1.807) is 4.85 Å². The minimum absolute atomic E-state index is 0.601. The molecule has 24 heavy (non-hydrogen) atoms. The summed E-state index contributed by atoms with van der Waals surface area (Å²) in [6.07, 6.45) is 8.71. The van der Waals surface area contributed by atoms with Gasteiger partial charge in [-0.2, -0.15) is 8.75 Å². The summed E-state index contributed by atoms with van der Waals surface area (Å²) < 4.78 is 8.33. The smallest absolute Gasteiger partial charge is 0.184 e. The Bertz CT molecular complexity index is 608. The Morgan fingerprint density at radius 3 is 2.88 bits per heavy atom. The molecule has 1 aliphatic heterocycles. The van der Waals surface area contributed by atoms with Gasteiger partial charge in [-0.25, -0.2) is 0 Å². The Kier molecular flexibility index (Phi) is 6.25. The first-order chi connectivity index (χ1) is 11.8. The average Bonchev–Trinajstić information content (AvgIpc) is 3.24. The summed E-state index contributed by atoms with van der Waals surface area (Å²) in [7, 11) is 1.84. The summed E-state index contributed by atoms with van der Waals surface area (Å²) in [6, 6.07) is 0. The molecule has 132 valence electrons. The molecule has 1 aliphatic rings. The molecule has 0 radical (unpaired) electrons. The van der Waals surface area contributed by atoms with Gasteiger partial charge >= 0.3 is 0 Å². The Labute approximate surface area is 146 Å². The van der Waals surface area contributed by atoms with Crippen molar-refractivity contribution < 1.29 is 4.84 Å². The van der Waals surface area contributed by atoms with Crippen LogP contribution in [0.1, 0.15) is 31.2 Å². The van der Waals surface area contributed by atoms with Crippen LogP contribution in [0.5, 0.6) is 0 Å². The fraction of sp³-hybridized carbons (Fsp3) is 0.667. The van der Waals surface area contributed by atoms with E-state index in [0.29, 0.717) is 6.61 Å². The van der Waals surface area contributed by atoms with Gasteiger partial charge < -0.3 is 15.5 Å². The highest BCUT2D eigenvalue weighted by Gasteiger charge is 2.11. The summed E-state index contributed by atoms with van der Waals surface area (Å²) in [4.78, 5) is 9.70. The van der Waals surface area contributed by atoms with Crippen molar-refractivity contribution in [1.29, 1.82) is 0 Å². The van der Waals surface area contributed by atoms with Crippen LogP contribution in [0.15, 0.2) is 12.4 Å². The Morgan fingerprint density at radius 1 is 1.21 bits per heavy atom. The molecular formula is C15H25N7OS. The molecule has 0 saturated carbocycles. The monoisotopic (exact) mass is 351 g/mol. The maximum atomic E-state index is 5.65. The molecule has 1 saturated heterocycles. The van der Waals surface area contributed by atoms with Crippen LogP contribution in [0, 0.1) is 0 Å². The maximum absolute atomic E-state index is 5.65. The molecule has 2 N–H and O–H groups in total. The number of hydrogen-bond acceptors (Lipinski definition) is 8. The van der Waals surface area contributed by atoms with Gasteiger partial charge in [-0.05, 0) is 25.9 Å². The lowest BCUT2D eigenvalue weighted by Crippen LogP contribution is -2.28. The van der Waals surface area contributed by atoms with Crippen LogP contribution in [0.2, 0.25) is 0 Å². The minimum Gasteiger partial charge on any atom is -0.397 e. The molecule has 3 heterocycles. The van der Waals surface area contributed by atoms with E-state index in [9.17, 15) is 0 Å². The molecule has 9 heteroatoms. The van der Waals surface area contributed by atoms with Crippen molar-refractivity contribution >= 4 is 23.4 Å². The number of likely N-dealkylation sites (tertiary alicyclic amines) is 1. The quantitative estimate of drug-likeness (QED) is 0.666. The molecule has 2 aromatic heterocycles. The highest BCUT2D eigenvalue weighted by Crippen LogP contribution is 2.16. The van der Waals surface area contributed by atoms with E-state index in [1.807, 2.05) is 19.4 Å². The standard InChI is InChI=1S/C15H25N7OS/c1-16-14-15(20-24-19-14)17-6-5-9-23-22-12-13(10-18-22)11-21-7-3-2-4-8-21/h10,12H,2-9,11H2,1H3,(H,16,19)(H,17,20).